The van der Waals surface area contributed by atoms with Gasteiger partial charge in [0.1, 0.15) is 4.47 Å². The minimum atomic E-state index is -0.214. The van der Waals surface area contributed by atoms with Crippen LogP contribution in [0.15, 0.2) is 15.5 Å². The monoisotopic (exact) mass is 263 g/mol. The zero-order chi connectivity index (χ0) is 9.68. The standard InChI is InChI=1S/C7H10BrN3OS/c1-13-3-2-9-5-4-10-11-7(12)6(5)8/h4H,2-3H2,1H3,(H2,9,11,12). The van der Waals surface area contributed by atoms with Gasteiger partial charge in [-0.1, -0.05) is 0 Å². The molecular formula is C7H10BrN3OS. The summed E-state index contributed by atoms with van der Waals surface area (Å²) in [5.74, 6) is 0.999. The Labute approximate surface area is 88.6 Å². The van der Waals surface area contributed by atoms with Crippen LogP contribution in [0.1, 0.15) is 0 Å². The molecule has 0 saturated carbocycles. The Kier molecular flexibility index (Phi) is 4.31. The van der Waals surface area contributed by atoms with Crippen molar-refractivity contribution in [1.29, 1.82) is 0 Å². The van der Waals surface area contributed by atoms with Crippen molar-refractivity contribution < 1.29 is 0 Å². The van der Waals surface area contributed by atoms with Gasteiger partial charge in [-0.15, -0.1) is 0 Å². The fraction of sp³-hybridized carbons (Fsp3) is 0.429. The molecule has 0 aliphatic heterocycles. The second-order valence-electron chi connectivity index (χ2n) is 2.35. The third-order valence-corrected chi connectivity index (χ3v) is 2.82. The highest BCUT2D eigenvalue weighted by Crippen LogP contribution is 2.14. The van der Waals surface area contributed by atoms with Crippen LogP contribution in [0.5, 0.6) is 0 Å². The van der Waals surface area contributed by atoms with Crippen molar-refractivity contribution in [1.82, 2.24) is 10.2 Å². The van der Waals surface area contributed by atoms with Gasteiger partial charge in [-0.05, 0) is 22.2 Å². The Balaban J connectivity index is 2.66. The van der Waals surface area contributed by atoms with Crippen LogP contribution in [-0.2, 0) is 0 Å². The van der Waals surface area contributed by atoms with E-state index in [9.17, 15) is 4.79 Å². The van der Waals surface area contributed by atoms with E-state index in [1.54, 1.807) is 18.0 Å². The Morgan fingerprint density at radius 3 is 3.23 bits per heavy atom. The molecule has 13 heavy (non-hydrogen) atoms. The van der Waals surface area contributed by atoms with Gasteiger partial charge in [0.25, 0.3) is 5.56 Å². The molecule has 6 heteroatoms. The van der Waals surface area contributed by atoms with Gasteiger partial charge >= 0.3 is 0 Å². The van der Waals surface area contributed by atoms with Gasteiger partial charge in [-0.25, -0.2) is 5.10 Å². The van der Waals surface area contributed by atoms with Gasteiger partial charge in [0.15, 0.2) is 0 Å². The summed E-state index contributed by atoms with van der Waals surface area (Å²) in [6.07, 6.45) is 3.62. The van der Waals surface area contributed by atoms with E-state index in [1.165, 1.54) is 0 Å². The molecule has 0 atom stereocenters. The Morgan fingerprint density at radius 1 is 1.77 bits per heavy atom. The Morgan fingerprint density at radius 2 is 2.54 bits per heavy atom. The number of anilines is 1. The highest BCUT2D eigenvalue weighted by molar-refractivity contribution is 9.10. The van der Waals surface area contributed by atoms with E-state index >= 15 is 0 Å². The predicted octanol–water partition coefficient (Wildman–Crippen LogP) is 1.31. The van der Waals surface area contributed by atoms with E-state index in [2.05, 4.69) is 31.4 Å². The molecule has 0 aliphatic carbocycles. The van der Waals surface area contributed by atoms with Crippen molar-refractivity contribution in [3.05, 3.63) is 21.0 Å². The molecule has 1 rings (SSSR count). The summed E-state index contributed by atoms with van der Waals surface area (Å²) in [6, 6.07) is 0. The van der Waals surface area contributed by atoms with Crippen molar-refractivity contribution in [2.75, 3.05) is 23.9 Å². The molecule has 4 nitrogen and oxygen atoms in total. The molecule has 0 bridgehead atoms. The predicted molar refractivity (Wildman–Crippen MR) is 59.4 cm³/mol. The lowest BCUT2D eigenvalue weighted by Crippen LogP contribution is -2.13. The number of rotatable bonds is 4. The SMILES string of the molecule is CSCCNc1cn[nH]c(=O)c1Br. The summed E-state index contributed by atoms with van der Waals surface area (Å²) in [6.45, 7) is 0.824. The summed E-state index contributed by atoms with van der Waals surface area (Å²) < 4.78 is 0.503. The first kappa shape index (κ1) is 10.6. The third-order valence-electron chi connectivity index (χ3n) is 1.42. The molecule has 0 amide bonds. The zero-order valence-corrected chi connectivity index (χ0v) is 9.54. The maximum atomic E-state index is 11.1. The van der Waals surface area contributed by atoms with Gasteiger partial charge in [0.2, 0.25) is 0 Å². The number of hydrogen-bond acceptors (Lipinski definition) is 4. The molecule has 1 aromatic rings. The lowest BCUT2D eigenvalue weighted by molar-refractivity contribution is 0.975. The first-order chi connectivity index (χ1) is 6.25. The molecule has 0 unspecified atom stereocenters. The molecule has 0 aliphatic rings. The summed E-state index contributed by atoms with van der Waals surface area (Å²) in [5, 5.41) is 9.12. The summed E-state index contributed by atoms with van der Waals surface area (Å²) in [5.41, 5.74) is 0.520. The van der Waals surface area contributed by atoms with Crippen LogP contribution < -0.4 is 10.9 Å². The van der Waals surface area contributed by atoms with Crippen LogP contribution in [0, 0.1) is 0 Å². The quantitative estimate of drug-likeness (QED) is 0.805. The number of aromatic nitrogens is 2. The average molecular weight is 264 g/mol. The number of H-pyrrole nitrogens is 1. The molecule has 0 radical (unpaired) electrons. The van der Waals surface area contributed by atoms with Crippen molar-refractivity contribution in [2.24, 2.45) is 0 Å². The third kappa shape index (κ3) is 3.04. The average Bonchev–Trinajstić information content (AvgIpc) is 2.13. The fourth-order valence-corrected chi connectivity index (χ4v) is 1.43. The normalized spacial score (nSPS) is 10.0. The Hall–Kier alpha value is -0.490. The molecule has 0 aromatic carbocycles. The first-order valence-corrected chi connectivity index (χ1v) is 5.90. The zero-order valence-electron chi connectivity index (χ0n) is 7.13. The lowest BCUT2D eigenvalue weighted by atomic mass is 10.4. The number of halogens is 1. The van der Waals surface area contributed by atoms with E-state index in [0.29, 0.717) is 4.47 Å². The van der Waals surface area contributed by atoms with Gasteiger partial charge in [-0.3, -0.25) is 4.79 Å². The number of nitrogens with one attached hydrogen (secondary N) is 2. The molecule has 0 saturated heterocycles. The molecule has 0 spiro atoms. The topological polar surface area (TPSA) is 57.8 Å². The van der Waals surface area contributed by atoms with Gasteiger partial charge < -0.3 is 5.32 Å². The number of aromatic amines is 1. The highest BCUT2D eigenvalue weighted by atomic mass is 79.9. The second kappa shape index (κ2) is 5.29. The number of hydrogen-bond donors (Lipinski definition) is 2. The van der Waals surface area contributed by atoms with E-state index < -0.39 is 0 Å². The molecule has 1 heterocycles. The van der Waals surface area contributed by atoms with Crippen LogP contribution in [0.4, 0.5) is 5.69 Å². The maximum Gasteiger partial charge on any atom is 0.280 e. The Bertz CT molecular complexity index is 328. The van der Waals surface area contributed by atoms with E-state index in [0.717, 1.165) is 18.0 Å². The molecule has 72 valence electrons. The van der Waals surface area contributed by atoms with Crippen molar-refractivity contribution in [3.63, 3.8) is 0 Å². The van der Waals surface area contributed by atoms with Crippen LogP contribution in [0.2, 0.25) is 0 Å². The van der Waals surface area contributed by atoms with Gasteiger partial charge in [0, 0.05) is 12.3 Å². The number of nitrogens with zero attached hydrogens (tertiary/aromatic N) is 1. The van der Waals surface area contributed by atoms with E-state index in [1.807, 2.05) is 6.26 Å². The van der Waals surface area contributed by atoms with Crippen LogP contribution in [0.3, 0.4) is 0 Å². The second-order valence-corrected chi connectivity index (χ2v) is 4.12. The minimum Gasteiger partial charge on any atom is -0.382 e. The largest absolute Gasteiger partial charge is 0.382 e. The van der Waals surface area contributed by atoms with E-state index in [4.69, 9.17) is 0 Å². The van der Waals surface area contributed by atoms with Crippen molar-refractivity contribution in [3.8, 4) is 0 Å². The molecule has 2 N–H and O–H groups in total. The van der Waals surface area contributed by atoms with Crippen molar-refractivity contribution >= 4 is 33.4 Å². The molecule has 1 aromatic heterocycles. The van der Waals surface area contributed by atoms with Gasteiger partial charge in [-0.2, -0.15) is 16.9 Å². The maximum absolute atomic E-state index is 11.1. The smallest absolute Gasteiger partial charge is 0.280 e. The van der Waals surface area contributed by atoms with Crippen LogP contribution in [0.25, 0.3) is 0 Å². The van der Waals surface area contributed by atoms with Crippen LogP contribution >= 0.6 is 27.7 Å². The highest BCUT2D eigenvalue weighted by Gasteiger charge is 2.02. The van der Waals surface area contributed by atoms with E-state index in [-0.39, 0.29) is 5.56 Å². The minimum absolute atomic E-state index is 0.214. The first-order valence-electron chi connectivity index (χ1n) is 3.71. The lowest BCUT2D eigenvalue weighted by Gasteiger charge is -2.04. The summed E-state index contributed by atoms with van der Waals surface area (Å²) in [4.78, 5) is 11.1. The number of thioether (sulfide) groups is 1. The fourth-order valence-electron chi connectivity index (χ4n) is 0.795. The van der Waals surface area contributed by atoms with Crippen LogP contribution in [-0.4, -0.2) is 28.8 Å². The van der Waals surface area contributed by atoms with Gasteiger partial charge in [0.05, 0.1) is 11.9 Å². The summed E-state index contributed by atoms with van der Waals surface area (Å²) >= 11 is 4.93. The molecule has 0 fully saturated rings. The van der Waals surface area contributed by atoms with Crippen molar-refractivity contribution in [2.45, 2.75) is 0 Å². The molecular weight excluding hydrogens is 254 g/mol. The summed E-state index contributed by atoms with van der Waals surface area (Å²) in [7, 11) is 0.